The summed E-state index contributed by atoms with van der Waals surface area (Å²) in [6.45, 7) is 1.88. The molecule has 0 aliphatic heterocycles. The third kappa shape index (κ3) is 2.54. The molecule has 0 fully saturated rings. The Morgan fingerprint density at radius 3 is 2.71 bits per heavy atom. The van der Waals surface area contributed by atoms with E-state index in [4.69, 9.17) is 5.26 Å². The molecular formula is C17H12FN3. The van der Waals surface area contributed by atoms with Crippen LogP contribution in [0.3, 0.4) is 0 Å². The lowest BCUT2D eigenvalue weighted by Crippen LogP contribution is -1.97. The molecule has 1 aromatic heterocycles. The number of aromatic nitrogens is 1. The molecule has 0 radical (unpaired) electrons. The Hall–Kier alpha value is -2.93. The standard InChI is InChI=1S/C17H12FN3/c1-11-8-17(14-9-13(18)6-7-16(14)20-11)21-15-5-3-2-4-12(15)10-19/h2-9H,1H3,(H,20,21). The van der Waals surface area contributed by atoms with Crippen molar-refractivity contribution in [3.63, 3.8) is 0 Å². The van der Waals surface area contributed by atoms with Crippen molar-refractivity contribution in [3.8, 4) is 6.07 Å². The van der Waals surface area contributed by atoms with E-state index < -0.39 is 0 Å². The van der Waals surface area contributed by atoms with Gasteiger partial charge in [0, 0.05) is 16.8 Å². The van der Waals surface area contributed by atoms with Crippen molar-refractivity contribution in [3.05, 3.63) is 65.6 Å². The molecule has 0 aliphatic rings. The highest BCUT2D eigenvalue weighted by atomic mass is 19.1. The van der Waals surface area contributed by atoms with Gasteiger partial charge in [-0.25, -0.2) is 4.39 Å². The van der Waals surface area contributed by atoms with Gasteiger partial charge in [0.25, 0.3) is 0 Å². The molecule has 3 rings (SSSR count). The fourth-order valence-corrected chi connectivity index (χ4v) is 2.27. The smallest absolute Gasteiger partial charge is 0.124 e. The van der Waals surface area contributed by atoms with Gasteiger partial charge in [0.15, 0.2) is 0 Å². The first kappa shape index (κ1) is 13.1. The molecule has 2 aromatic carbocycles. The van der Waals surface area contributed by atoms with E-state index >= 15 is 0 Å². The second-order valence-corrected chi connectivity index (χ2v) is 4.76. The van der Waals surface area contributed by atoms with Crippen LogP contribution in [0.25, 0.3) is 10.9 Å². The molecule has 0 bridgehead atoms. The van der Waals surface area contributed by atoms with Gasteiger partial charge < -0.3 is 5.32 Å². The number of hydrogen-bond acceptors (Lipinski definition) is 3. The van der Waals surface area contributed by atoms with E-state index in [0.717, 1.165) is 11.4 Å². The van der Waals surface area contributed by atoms with Crippen LogP contribution in [0.2, 0.25) is 0 Å². The van der Waals surface area contributed by atoms with E-state index in [1.54, 1.807) is 18.2 Å². The summed E-state index contributed by atoms with van der Waals surface area (Å²) in [4.78, 5) is 4.39. The number of halogens is 1. The second kappa shape index (κ2) is 5.22. The molecule has 0 spiro atoms. The fourth-order valence-electron chi connectivity index (χ4n) is 2.27. The number of nitrogens with zero attached hydrogens (tertiary/aromatic N) is 2. The van der Waals surface area contributed by atoms with Crippen LogP contribution in [0.15, 0.2) is 48.5 Å². The topological polar surface area (TPSA) is 48.7 Å². The number of pyridine rings is 1. The first-order chi connectivity index (χ1) is 10.2. The fraction of sp³-hybridized carbons (Fsp3) is 0.0588. The lowest BCUT2D eigenvalue weighted by atomic mass is 10.1. The first-order valence-corrected chi connectivity index (χ1v) is 6.50. The van der Waals surface area contributed by atoms with Crippen molar-refractivity contribution in [1.82, 2.24) is 4.98 Å². The number of nitriles is 1. The van der Waals surface area contributed by atoms with Crippen molar-refractivity contribution < 1.29 is 4.39 Å². The maximum Gasteiger partial charge on any atom is 0.124 e. The quantitative estimate of drug-likeness (QED) is 0.759. The zero-order chi connectivity index (χ0) is 14.8. The van der Waals surface area contributed by atoms with Crippen LogP contribution < -0.4 is 5.32 Å². The summed E-state index contributed by atoms with van der Waals surface area (Å²) < 4.78 is 13.5. The number of aryl methyl sites for hydroxylation is 1. The van der Waals surface area contributed by atoms with E-state index in [9.17, 15) is 4.39 Å². The summed E-state index contributed by atoms with van der Waals surface area (Å²) in [5.74, 6) is -0.315. The molecule has 0 atom stereocenters. The Kier molecular flexibility index (Phi) is 3.25. The number of rotatable bonds is 2. The van der Waals surface area contributed by atoms with E-state index in [1.807, 2.05) is 25.1 Å². The normalized spacial score (nSPS) is 10.3. The van der Waals surface area contributed by atoms with Crippen molar-refractivity contribution in [2.45, 2.75) is 6.92 Å². The zero-order valence-corrected chi connectivity index (χ0v) is 11.4. The number of benzene rings is 2. The Morgan fingerprint density at radius 1 is 1.10 bits per heavy atom. The molecule has 0 saturated carbocycles. The molecule has 3 aromatic rings. The second-order valence-electron chi connectivity index (χ2n) is 4.76. The Bertz CT molecular complexity index is 866. The summed E-state index contributed by atoms with van der Waals surface area (Å²) in [6.07, 6.45) is 0. The first-order valence-electron chi connectivity index (χ1n) is 6.50. The number of hydrogen-bond donors (Lipinski definition) is 1. The molecule has 0 saturated heterocycles. The Balaban J connectivity index is 2.16. The van der Waals surface area contributed by atoms with Gasteiger partial charge in [-0.05, 0) is 43.3 Å². The Labute approximate surface area is 121 Å². The highest BCUT2D eigenvalue weighted by Gasteiger charge is 2.08. The van der Waals surface area contributed by atoms with Crippen LogP contribution >= 0.6 is 0 Å². The predicted molar refractivity (Wildman–Crippen MR) is 80.9 cm³/mol. The zero-order valence-electron chi connectivity index (χ0n) is 11.4. The Morgan fingerprint density at radius 2 is 1.90 bits per heavy atom. The molecule has 21 heavy (non-hydrogen) atoms. The highest BCUT2D eigenvalue weighted by molar-refractivity contribution is 5.93. The maximum atomic E-state index is 13.5. The molecule has 0 unspecified atom stereocenters. The van der Waals surface area contributed by atoms with Crippen molar-refractivity contribution in [2.75, 3.05) is 5.32 Å². The lowest BCUT2D eigenvalue weighted by molar-refractivity contribution is 0.629. The van der Waals surface area contributed by atoms with E-state index in [-0.39, 0.29) is 5.82 Å². The average Bonchev–Trinajstić information content (AvgIpc) is 2.48. The largest absolute Gasteiger partial charge is 0.354 e. The number of fused-ring (bicyclic) bond motifs is 1. The number of anilines is 2. The molecular weight excluding hydrogens is 265 g/mol. The minimum absolute atomic E-state index is 0.315. The van der Waals surface area contributed by atoms with Crippen LogP contribution in [0, 0.1) is 24.1 Å². The van der Waals surface area contributed by atoms with E-state index in [2.05, 4.69) is 16.4 Å². The van der Waals surface area contributed by atoms with Crippen molar-refractivity contribution in [1.29, 1.82) is 5.26 Å². The number of para-hydroxylation sites is 1. The molecule has 1 heterocycles. The number of nitrogens with one attached hydrogen (secondary N) is 1. The van der Waals surface area contributed by atoms with Crippen LogP contribution in [-0.4, -0.2) is 4.98 Å². The van der Waals surface area contributed by atoms with Gasteiger partial charge in [0.05, 0.1) is 16.8 Å². The predicted octanol–water partition coefficient (Wildman–Crippen LogP) is 4.30. The van der Waals surface area contributed by atoms with E-state index in [0.29, 0.717) is 22.2 Å². The highest BCUT2D eigenvalue weighted by Crippen LogP contribution is 2.28. The van der Waals surface area contributed by atoms with Crippen molar-refractivity contribution >= 4 is 22.3 Å². The molecule has 102 valence electrons. The molecule has 1 N–H and O–H groups in total. The summed E-state index contributed by atoms with van der Waals surface area (Å²) in [5, 5.41) is 13.0. The van der Waals surface area contributed by atoms with Crippen LogP contribution in [0.1, 0.15) is 11.3 Å². The van der Waals surface area contributed by atoms with Gasteiger partial charge in [0.1, 0.15) is 11.9 Å². The van der Waals surface area contributed by atoms with Gasteiger partial charge in [-0.3, -0.25) is 4.98 Å². The van der Waals surface area contributed by atoms with Crippen molar-refractivity contribution in [2.24, 2.45) is 0 Å². The van der Waals surface area contributed by atoms with Crippen LogP contribution in [-0.2, 0) is 0 Å². The third-order valence-corrected chi connectivity index (χ3v) is 3.22. The third-order valence-electron chi connectivity index (χ3n) is 3.22. The minimum Gasteiger partial charge on any atom is -0.354 e. The monoisotopic (exact) mass is 277 g/mol. The van der Waals surface area contributed by atoms with Gasteiger partial charge in [-0.2, -0.15) is 5.26 Å². The van der Waals surface area contributed by atoms with Crippen LogP contribution in [0.5, 0.6) is 0 Å². The average molecular weight is 277 g/mol. The summed E-state index contributed by atoms with van der Waals surface area (Å²) >= 11 is 0. The van der Waals surface area contributed by atoms with Gasteiger partial charge in [-0.1, -0.05) is 12.1 Å². The van der Waals surface area contributed by atoms with Gasteiger partial charge in [0.2, 0.25) is 0 Å². The molecule has 0 amide bonds. The summed E-state index contributed by atoms with van der Waals surface area (Å²) in [6, 6.07) is 15.7. The minimum atomic E-state index is -0.315. The maximum absolute atomic E-state index is 13.5. The van der Waals surface area contributed by atoms with Gasteiger partial charge >= 0.3 is 0 Å². The van der Waals surface area contributed by atoms with E-state index in [1.165, 1.54) is 12.1 Å². The van der Waals surface area contributed by atoms with Crippen LogP contribution in [0.4, 0.5) is 15.8 Å². The summed E-state index contributed by atoms with van der Waals surface area (Å²) in [7, 11) is 0. The van der Waals surface area contributed by atoms with Gasteiger partial charge in [-0.15, -0.1) is 0 Å². The molecule has 0 aliphatic carbocycles. The summed E-state index contributed by atoms with van der Waals surface area (Å²) in [5.41, 5.74) is 3.51. The molecule has 3 nitrogen and oxygen atoms in total. The SMILES string of the molecule is Cc1cc(Nc2ccccc2C#N)c2cc(F)ccc2n1. The molecule has 4 heteroatoms. The lowest BCUT2D eigenvalue weighted by Gasteiger charge is -2.12.